The van der Waals surface area contributed by atoms with Gasteiger partial charge in [0.25, 0.3) is 0 Å². The Bertz CT molecular complexity index is 374. The first-order chi connectivity index (χ1) is 7.09. The highest BCUT2D eigenvalue weighted by Gasteiger charge is 2.03. The van der Waals surface area contributed by atoms with Crippen molar-refractivity contribution in [2.45, 2.75) is 6.61 Å². The molecule has 1 N–H and O–H groups in total. The van der Waals surface area contributed by atoms with Crippen LogP contribution < -0.4 is 0 Å². The molecule has 3 nitrogen and oxygen atoms in total. The van der Waals surface area contributed by atoms with E-state index < -0.39 is 5.97 Å². The van der Waals surface area contributed by atoms with Gasteiger partial charge < -0.3 is 9.84 Å². The monoisotopic (exact) mass is 270 g/mol. The minimum absolute atomic E-state index is 0.0435. The largest absolute Gasteiger partial charge is 0.478 e. The van der Waals surface area contributed by atoms with Crippen LogP contribution in [0.2, 0.25) is 0 Å². The summed E-state index contributed by atoms with van der Waals surface area (Å²) < 4.78 is 6.17. The quantitative estimate of drug-likeness (QED) is 0.837. The summed E-state index contributed by atoms with van der Waals surface area (Å²) in [5.74, 6) is -1.02. The average Bonchev–Trinajstić information content (AvgIpc) is 2.17. The highest BCUT2D eigenvalue weighted by Crippen LogP contribution is 2.12. The van der Waals surface area contributed by atoms with Crippen molar-refractivity contribution in [2.75, 3.05) is 6.61 Å². The first kappa shape index (κ1) is 11.9. The lowest BCUT2D eigenvalue weighted by atomic mass is 10.2. The van der Waals surface area contributed by atoms with Crippen molar-refractivity contribution in [1.29, 1.82) is 0 Å². The van der Waals surface area contributed by atoms with Crippen LogP contribution in [0.15, 0.2) is 40.9 Å². The predicted octanol–water partition coefficient (Wildman–Crippen LogP) is 2.61. The zero-order valence-corrected chi connectivity index (χ0v) is 9.66. The molecule has 0 radical (unpaired) electrons. The number of carboxylic acids is 1. The number of carboxylic acid groups (broad SMARTS) is 1. The van der Waals surface area contributed by atoms with Crippen molar-refractivity contribution < 1.29 is 14.6 Å². The Morgan fingerprint density at radius 1 is 1.53 bits per heavy atom. The van der Waals surface area contributed by atoms with Crippen LogP contribution in [0.25, 0.3) is 0 Å². The minimum Gasteiger partial charge on any atom is -0.478 e. The van der Waals surface area contributed by atoms with Gasteiger partial charge in [0.05, 0.1) is 18.8 Å². The molecule has 0 heterocycles. The van der Waals surface area contributed by atoms with Crippen LogP contribution in [-0.4, -0.2) is 17.7 Å². The number of rotatable bonds is 5. The summed E-state index contributed by atoms with van der Waals surface area (Å²) in [4.78, 5) is 10.4. The molecular weight excluding hydrogens is 260 g/mol. The van der Waals surface area contributed by atoms with Crippen molar-refractivity contribution in [2.24, 2.45) is 0 Å². The molecule has 0 saturated carbocycles. The Morgan fingerprint density at radius 3 is 2.87 bits per heavy atom. The fraction of sp³-hybridized carbons (Fsp3) is 0.182. The van der Waals surface area contributed by atoms with E-state index in [-0.39, 0.29) is 12.2 Å². The first-order valence-corrected chi connectivity index (χ1v) is 5.12. The fourth-order valence-electron chi connectivity index (χ4n) is 0.981. The SMILES string of the molecule is C=C(COCc1cccc(Br)c1)C(=O)O. The lowest BCUT2D eigenvalue weighted by molar-refractivity contribution is -0.133. The van der Waals surface area contributed by atoms with E-state index >= 15 is 0 Å². The third-order valence-corrected chi connectivity index (χ3v) is 2.23. The summed E-state index contributed by atoms with van der Waals surface area (Å²) in [5, 5.41) is 8.54. The van der Waals surface area contributed by atoms with Crippen molar-refractivity contribution in [1.82, 2.24) is 0 Å². The molecule has 0 bridgehead atoms. The van der Waals surface area contributed by atoms with E-state index in [0.717, 1.165) is 10.0 Å². The van der Waals surface area contributed by atoms with Crippen molar-refractivity contribution in [3.63, 3.8) is 0 Å². The van der Waals surface area contributed by atoms with E-state index in [2.05, 4.69) is 22.5 Å². The summed E-state index contributed by atoms with van der Waals surface area (Å²) in [6.45, 7) is 3.79. The fourth-order valence-corrected chi connectivity index (χ4v) is 1.43. The zero-order valence-electron chi connectivity index (χ0n) is 8.07. The molecule has 1 aromatic carbocycles. The Kier molecular flexibility index (Phi) is 4.52. The highest BCUT2D eigenvalue weighted by molar-refractivity contribution is 9.10. The maximum Gasteiger partial charge on any atom is 0.333 e. The normalized spacial score (nSPS) is 9.93. The molecule has 0 unspecified atom stereocenters. The molecule has 0 aliphatic rings. The second-order valence-corrected chi connectivity index (χ2v) is 3.95. The molecule has 0 spiro atoms. The van der Waals surface area contributed by atoms with Crippen molar-refractivity contribution in [3.05, 3.63) is 46.5 Å². The summed E-state index contributed by atoms with van der Waals surface area (Å²) in [6.07, 6.45) is 0. The van der Waals surface area contributed by atoms with Gasteiger partial charge in [-0.25, -0.2) is 4.79 Å². The highest BCUT2D eigenvalue weighted by atomic mass is 79.9. The van der Waals surface area contributed by atoms with Gasteiger partial charge in [-0.1, -0.05) is 34.6 Å². The maximum atomic E-state index is 10.4. The third-order valence-electron chi connectivity index (χ3n) is 1.74. The molecule has 15 heavy (non-hydrogen) atoms. The maximum absolute atomic E-state index is 10.4. The second-order valence-electron chi connectivity index (χ2n) is 3.03. The summed E-state index contributed by atoms with van der Waals surface area (Å²) in [5.41, 5.74) is 1.05. The molecule has 4 heteroatoms. The van der Waals surface area contributed by atoms with Crippen molar-refractivity contribution in [3.8, 4) is 0 Å². The van der Waals surface area contributed by atoms with E-state index in [1.807, 2.05) is 24.3 Å². The van der Waals surface area contributed by atoms with Crippen LogP contribution in [-0.2, 0) is 16.1 Å². The number of aliphatic carboxylic acids is 1. The molecule has 1 rings (SSSR count). The van der Waals surface area contributed by atoms with Crippen LogP contribution in [0.4, 0.5) is 0 Å². The molecule has 0 aliphatic heterocycles. The van der Waals surface area contributed by atoms with Crippen LogP contribution in [0, 0.1) is 0 Å². The van der Waals surface area contributed by atoms with E-state index in [1.54, 1.807) is 0 Å². The van der Waals surface area contributed by atoms with E-state index in [1.165, 1.54) is 0 Å². The first-order valence-electron chi connectivity index (χ1n) is 4.33. The molecule has 0 amide bonds. The molecule has 1 aromatic rings. The van der Waals surface area contributed by atoms with Gasteiger partial charge in [-0.05, 0) is 17.7 Å². The van der Waals surface area contributed by atoms with Gasteiger partial charge in [-0.3, -0.25) is 0 Å². The summed E-state index contributed by atoms with van der Waals surface area (Å²) in [7, 11) is 0. The molecule has 80 valence electrons. The van der Waals surface area contributed by atoms with Gasteiger partial charge in [-0.15, -0.1) is 0 Å². The molecule has 0 atom stereocenters. The van der Waals surface area contributed by atoms with Crippen LogP contribution in [0.1, 0.15) is 5.56 Å². The number of carbonyl (C=O) groups is 1. The van der Waals surface area contributed by atoms with Crippen molar-refractivity contribution >= 4 is 21.9 Å². The summed E-state index contributed by atoms with van der Waals surface area (Å²) in [6, 6.07) is 7.65. The topological polar surface area (TPSA) is 46.5 Å². The average molecular weight is 271 g/mol. The van der Waals surface area contributed by atoms with Gasteiger partial charge in [-0.2, -0.15) is 0 Å². The lowest BCUT2D eigenvalue weighted by Crippen LogP contribution is -2.06. The van der Waals surface area contributed by atoms with E-state index in [0.29, 0.717) is 6.61 Å². The smallest absolute Gasteiger partial charge is 0.333 e. The number of benzene rings is 1. The Labute approximate surface area is 96.5 Å². The van der Waals surface area contributed by atoms with Gasteiger partial charge in [0.15, 0.2) is 0 Å². The number of ether oxygens (including phenoxy) is 1. The Morgan fingerprint density at radius 2 is 2.27 bits per heavy atom. The predicted molar refractivity (Wildman–Crippen MR) is 60.6 cm³/mol. The van der Waals surface area contributed by atoms with Crippen LogP contribution in [0.3, 0.4) is 0 Å². The third kappa shape index (κ3) is 4.27. The molecular formula is C11H11BrO3. The second kappa shape index (κ2) is 5.68. The molecule has 0 fully saturated rings. The molecule has 0 aliphatic carbocycles. The minimum atomic E-state index is -1.02. The molecule has 0 aromatic heterocycles. The Balaban J connectivity index is 2.38. The number of hydrogen-bond acceptors (Lipinski definition) is 2. The van der Waals surface area contributed by atoms with Crippen LogP contribution in [0.5, 0.6) is 0 Å². The van der Waals surface area contributed by atoms with Gasteiger partial charge in [0.1, 0.15) is 0 Å². The van der Waals surface area contributed by atoms with Gasteiger partial charge in [0.2, 0.25) is 0 Å². The lowest BCUT2D eigenvalue weighted by Gasteiger charge is -2.04. The number of halogens is 1. The standard InChI is InChI=1S/C11H11BrO3/c1-8(11(13)14)6-15-7-9-3-2-4-10(12)5-9/h2-5H,1,6-7H2,(H,13,14). The Hall–Kier alpha value is -1.13. The van der Waals surface area contributed by atoms with E-state index in [4.69, 9.17) is 9.84 Å². The zero-order chi connectivity index (χ0) is 11.3. The van der Waals surface area contributed by atoms with Gasteiger partial charge >= 0.3 is 5.97 Å². The van der Waals surface area contributed by atoms with Gasteiger partial charge in [0, 0.05) is 4.47 Å². The van der Waals surface area contributed by atoms with E-state index in [9.17, 15) is 4.79 Å². The molecule has 0 saturated heterocycles. The summed E-state index contributed by atoms with van der Waals surface area (Å²) >= 11 is 3.34. The van der Waals surface area contributed by atoms with Crippen LogP contribution >= 0.6 is 15.9 Å². The number of hydrogen-bond donors (Lipinski definition) is 1.